The first-order chi connectivity index (χ1) is 8.68. The van der Waals surface area contributed by atoms with E-state index >= 15 is 0 Å². The van der Waals surface area contributed by atoms with Crippen LogP contribution in [0, 0.1) is 6.92 Å². The van der Waals surface area contributed by atoms with Gasteiger partial charge < -0.3 is 5.32 Å². The topological polar surface area (TPSA) is 78.1 Å². The first-order valence-corrected chi connectivity index (χ1v) is 7.80. The molecule has 0 bridgehead atoms. The Morgan fingerprint density at radius 2 is 2.00 bits per heavy atom. The lowest BCUT2D eigenvalue weighted by atomic mass is 10.0. The van der Waals surface area contributed by atoms with Gasteiger partial charge in [0.2, 0.25) is 10.0 Å². The molecule has 0 fully saturated rings. The lowest BCUT2D eigenvalue weighted by Crippen LogP contribution is -2.44. The van der Waals surface area contributed by atoms with E-state index in [9.17, 15) is 8.42 Å². The number of nitrogens with zero attached hydrogens (tertiary/aromatic N) is 2. The molecular weight excluding hydrogens is 264 g/mol. The molecule has 1 aromatic heterocycles. The van der Waals surface area contributed by atoms with E-state index in [1.54, 1.807) is 21.0 Å². The highest BCUT2D eigenvalue weighted by molar-refractivity contribution is 7.89. The van der Waals surface area contributed by atoms with Crippen molar-refractivity contribution >= 4 is 10.0 Å². The minimum absolute atomic E-state index is 0.283. The average Bonchev–Trinajstić information content (AvgIpc) is 2.70. The summed E-state index contributed by atoms with van der Waals surface area (Å²) in [6, 6.07) is 0. The Bertz CT molecular complexity index is 534. The summed E-state index contributed by atoms with van der Waals surface area (Å²) in [5.74, 6) is 0. The predicted molar refractivity (Wildman–Crippen MR) is 75.4 cm³/mol. The first-order valence-electron chi connectivity index (χ1n) is 6.36. The van der Waals surface area contributed by atoms with Crippen molar-refractivity contribution in [2.45, 2.75) is 51.1 Å². The summed E-state index contributed by atoms with van der Waals surface area (Å²) in [6.45, 7) is 7.95. The Morgan fingerprint density at radius 1 is 1.42 bits per heavy atom. The normalized spacial score (nSPS) is 13.2. The monoisotopic (exact) mass is 288 g/mol. The molecule has 0 radical (unpaired) electrons. The van der Waals surface area contributed by atoms with Crippen LogP contribution in [-0.2, 0) is 16.6 Å². The van der Waals surface area contributed by atoms with Gasteiger partial charge >= 0.3 is 0 Å². The number of aromatic nitrogens is 2. The number of hydrogen-bond acceptors (Lipinski definition) is 4. The molecule has 1 rings (SSSR count). The third-order valence-electron chi connectivity index (χ3n) is 3.64. The quantitative estimate of drug-likeness (QED) is 0.825. The number of hydrogen-bond donors (Lipinski definition) is 2. The standard InChI is InChI=1S/C12H24N4O2S/c1-7-12(3,4)16(6)19(17,18)11-9(2)14-15-10(11)8-13-5/h13H,7-8H2,1-6H3,(H,14,15). The van der Waals surface area contributed by atoms with Gasteiger partial charge in [0.25, 0.3) is 0 Å². The van der Waals surface area contributed by atoms with E-state index in [2.05, 4.69) is 15.5 Å². The molecule has 0 aliphatic rings. The summed E-state index contributed by atoms with van der Waals surface area (Å²) in [5.41, 5.74) is 0.669. The third-order valence-corrected chi connectivity index (χ3v) is 5.91. The van der Waals surface area contributed by atoms with Crippen LogP contribution in [0.2, 0.25) is 0 Å². The summed E-state index contributed by atoms with van der Waals surface area (Å²) < 4.78 is 26.9. The van der Waals surface area contributed by atoms with E-state index in [0.717, 1.165) is 6.42 Å². The van der Waals surface area contributed by atoms with E-state index in [0.29, 0.717) is 17.9 Å². The van der Waals surface area contributed by atoms with Crippen molar-refractivity contribution in [1.29, 1.82) is 0 Å². The van der Waals surface area contributed by atoms with Gasteiger partial charge in [-0.2, -0.15) is 9.40 Å². The molecule has 0 saturated carbocycles. The molecule has 0 atom stereocenters. The zero-order valence-electron chi connectivity index (χ0n) is 12.5. The van der Waals surface area contributed by atoms with Crippen LogP contribution >= 0.6 is 0 Å². The van der Waals surface area contributed by atoms with Crippen molar-refractivity contribution in [3.8, 4) is 0 Å². The first kappa shape index (κ1) is 16.1. The molecule has 0 unspecified atom stereocenters. The molecular formula is C12H24N4O2S. The van der Waals surface area contributed by atoms with Crippen LogP contribution < -0.4 is 5.32 Å². The summed E-state index contributed by atoms with van der Waals surface area (Å²) in [6.07, 6.45) is 0.737. The fraction of sp³-hybridized carbons (Fsp3) is 0.750. The average molecular weight is 288 g/mol. The van der Waals surface area contributed by atoms with E-state index in [1.807, 2.05) is 20.8 Å². The number of rotatable bonds is 6. The van der Waals surface area contributed by atoms with Gasteiger partial charge in [-0.3, -0.25) is 5.10 Å². The molecule has 7 heteroatoms. The molecule has 2 N–H and O–H groups in total. The lowest BCUT2D eigenvalue weighted by molar-refractivity contribution is 0.257. The van der Waals surface area contributed by atoms with Crippen molar-refractivity contribution in [2.75, 3.05) is 14.1 Å². The Balaban J connectivity index is 3.32. The zero-order valence-corrected chi connectivity index (χ0v) is 13.3. The maximum absolute atomic E-state index is 12.8. The molecule has 110 valence electrons. The molecule has 0 amide bonds. The fourth-order valence-electron chi connectivity index (χ4n) is 1.78. The van der Waals surface area contributed by atoms with E-state index < -0.39 is 15.6 Å². The molecule has 6 nitrogen and oxygen atoms in total. The summed E-state index contributed by atoms with van der Waals surface area (Å²) >= 11 is 0. The van der Waals surface area contributed by atoms with Crippen LogP contribution in [-0.4, -0.2) is 42.6 Å². The van der Waals surface area contributed by atoms with Gasteiger partial charge in [0.1, 0.15) is 4.90 Å². The minimum atomic E-state index is -3.55. The molecule has 0 aliphatic carbocycles. The lowest BCUT2D eigenvalue weighted by Gasteiger charge is -2.33. The molecule has 0 aliphatic heterocycles. The van der Waals surface area contributed by atoms with Crippen molar-refractivity contribution in [2.24, 2.45) is 0 Å². The number of aryl methyl sites for hydroxylation is 1. The molecule has 1 aromatic rings. The van der Waals surface area contributed by atoms with Gasteiger partial charge in [0.05, 0.1) is 11.4 Å². The second-order valence-electron chi connectivity index (χ2n) is 5.29. The number of sulfonamides is 1. The van der Waals surface area contributed by atoms with Crippen LogP contribution in [0.5, 0.6) is 0 Å². The van der Waals surface area contributed by atoms with E-state index in [4.69, 9.17) is 0 Å². The van der Waals surface area contributed by atoms with Gasteiger partial charge in [-0.15, -0.1) is 0 Å². The van der Waals surface area contributed by atoms with Gasteiger partial charge in [0.15, 0.2) is 0 Å². The molecule has 0 aromatic carbocycles. The summed E-state index contributed by atoms with van der Waals surface area (Å²) in [4.78, 5) is 0.283. The number of nitrogens with one attached hydrogen (secondary N) is 2. The maximum atomic E-state index is 12.8. The van der Waals surface area contributed by atoms with Gasteiger partial charge in [-0.25, -0.2) is 8.42 Å². The van der Waals surface area contributed by atoms with Crippen molar-refractivity contribution in [3.63, 3.8) is 0 Å². The highest BCUT2D eigenvalue weighted by Crippen LogP contribution is 2.28. The SMILES string of the molecule is CCC(C)(C)N(C)S(=O)(=O)c1c(CNC)n[nH]c1C. The van der Waals surface area contributed by atoms with Gasteiger partial charge in [-0.1, -0.05) is 6.92 Å². The van der Waals surface area contributed by atoms with Crippen molar-refractivity contribution < 1.29 is 8.42 Å². The smallest absolute Gasteiger partial charge is 0.247 e. The fourth-order valence-corrected chi connectivity index (χ4v) is 3.69. The number of aromatic amines is 1. The molecule has 1 heterocycles. The highest BCUT2D eigenvalue weighted by Gasteiger charge is 2.36. The maximum Gasteiger partial charge on any atom is 0.247 e. The Labute approximate surface area is 115 Å². The summed E-state index contributed by atoms with van der Waals surface area (Å²) in [5, 5.41) is 9.76. The van der Waals surface area contributed by atoms with Crippen LogP contribution in [0.1, 0.15) is 38.6 Å². The highest BCUT2D eigenvalue weighted by atomic mass is 32.2. The second kappa shape index (κ2) is 5.60. The van der Waals surface area contributed by atoms with Crippen molar-refractivity contribution in [3.05, 3.63) is 11.4 Å². The van der Waals surface area contributed by atoms with Crippen LogP contribution in [0.3, 0.4) is 0 Å². The Hall–Kier alpha value is -0.920. The van der Waals surface area contributed by atoms with Crippen LogP contribution in [0.15, 0.2) is 4.90 Å². The Kier molecular flexibility index (Phi) is 4.76. The third kappa shape index (κ3) is 2.98. The number of H-pyrrole nitrogens is 1. The molecule has 0 spiro atoms. The summed E-state index contributed by atoms with van der Waals surface area (Å²) in [7, 11) is -0.166. The minimum Gasteiger partial charge on any atom is -0.314 e. The largest absolute Gasteiger partial charge is 0.314 e. The van der Waals surface area contributed by atoms with Crippen LogP contribution in [0.25, 0.3) is 0 Å². The zero-order chi connectivity index (χ0) is 14.8. The van der Waals surface area contributed by atoms with Crippen LogP contribution in [0.4, 0.5) is 0 Å². The molecule has 19 heavy (non-hydrogen) atoms. The predicted octanol–water partition coefficient (Wildman–Crippen LogP) is 1.25. The van der Waals surface area contributed by atoms with Gasteiger partial charge in [-0.05, 0) is 34.2 Å². The van der Waals surface area contributed by atoms with Crippen molar-refractivity contribution in [1.82, 2.24) is 19.8 Å². The second-order valence-corrected chi connectivity index (χ2v) is 7.20. The molecule has 0 saturated heterocycles. The van der Waals surface area contributed by atoms with Gasteiger partial charge in [0, 0.05) is 19.1 Å². The van der Waals surface area contributed by atoms with E-state index in [-0.39, 0.29) is 4.90 Å². The Morgan fingerprint density at radius 3 is 2.47 bits per heavy atom. The van der Waals surface area contributed by atoms with E-state index in [1.165, 1.54) is 4.31 Å².